The first-order chi connectivity index (χ1) is 22.9. The number of anilines is 2. The van der Waals surface area contributed by atoms with Crippen molar-refractivity contribution in [2.45, 2.75) is 45.6 Å². The van der Waals surface area contributed by atoms with Gasteiger partial charge in [0.1, 0.15) is 34.1 Å². The number of piperidine rings is 1. The van der Waals surface area contributed by atoms with Crippen LogP contribution in [-0.2, 0) is 4.74 Å². The molecule has 3 N–H and O–H groups in total. The number of rotatable bonds is 6. The van der Waals surface area contributed by atoms with Gasteiger partial charge in [-0.05, 0) is 82.0 Å². The lowest BCUT2D eigenvalue weighted by Crippen LogP contribution is -2.41. The molecule has 0 spiro atoms. The summed E-state index contributed by atoms with van der Waals surface area (Å²) in [5.74, 6) is 4.50. The molecule has 4 aromatic rings. The molecule has 13 heteroatoms. The fourth-order valence-electron chi connectivity index (χ4n) is 4.93. The highest BCUT2D eigenvalue weighted by Crippen LogP contribution is 2.31. The Balaban J connectivity index is 1.23. The Labute approximate surface area is 275 Å². The average Bonchev–Trinajstić information content (AvgIpc) is 3.03. The van der Waals surface area contributed by atoms with Gasteiger partial charge in [-0.1, -0.05) is 11.8 Å². The molecule has 0 atom stereocenters. The van der Waals surface area contributed by atoms with Gasteiger partial charge in [0.2, 0.25) is 0 Å². The molecule has 2 aromatic heterocycles. The maximum atomic E-state index is 15.2. The molecule has 1 saturated heterocycles. The molecule has 5 rings (SSSR count). The fourth-order valence-corrected chi connectivity index (χ4v) is 4.93. The van der Waals surface area contributed by atoms with Crippen molar-refractivity contribution in [3.63, 3.8) is 0 Å². The molecule has 248 valence electrons. The molecular formula is C35H34F2N6O5. The lowest BCUT2D eigenvalue weighted by atomic mass is 9.94. The normalized spacial score (nSPS) is 13.3. The van der Waals surface area contributed by atoms with Gasteiger partial charge in [-0.25, -0.2) is 18.6 Å². The number of hydrogen-bond donors (Lipinski definition) is 2. The standard InChI is InChI=1S/C35H34F2N6O5/c1-35(2,3)48-34(46)42-19-15-22(16-20-42)5-4-6-26-29(14-17-39-31(26)38)47-30-12-9-24(21-28(30)37)41-32(44)27-13-18-40-43(33(27)45)25-10-7-23(36)8-11-25/h7-14,17-18,21-22H,5,15-16,19-20H2,1-3H3,(H2,38,39)(H,41,44). The van der Waals surface area contributed by atoms with Crippen LogP contribution in [0.5, 0.6) is 11.5 Å². The van der Waals surface area contributed by atoms with Crippen molar-refractivity contribution >= 4 is 23.5 Å². The molecular weight excluding hydrogens is 622 g/mol. The summed E-state index contributed by atoms with van der Waals surface area (Å²) in [7, 11) is 0. The van der Waals surface area contributed by atoms with E-state index >= 15 is 4.39 Å². The first-order valence-corrected chi connectivity index (χ1v) is 15.2. The number of nitrogen functional groups attached to an aromatic ring is 1. The fraction of sp³-hybridized carbons (Fsp3) is 0.286. The molecule has 2 amide bonds. The number of carbonyl (C=O) groups is 2. The number of pyridine rings is 1. The highest BCUT2D eigenvalue weighted by molar-refractivity contribution is 6.04. The molecule has 0 aliphatic carbocycles. The number of likely N-dealkylation sites (tertiary alicyclic amines) is 1. The zero-order valence-corrected chi connectivity index (χ0v) is 26.6. The van der Waals surface area contributed by atoms with Gasteiger partial charge in [0, 0.05) is 49.7 Å². The number of benzene rings is 2. The van der Waals surface area contributed by atoms with Crippen molar-refractivity contribution < 1.29 is 27.8 Å². The Hall–Kier alpha value is -5.77. The van der Waals surface area contributed by atoms with E-state index in [4.69, 9.17) is 15.2 Å². The minimum absolute atomic E-state index is 0.0707. The summed E-state index contributed by atoms with van der Waals surface area (Å²) in [5.41, 5.74) is 5.19. The van der Waals surface area contributed by atoms with Crippen molar-refractivity contribution in [1.82, 2.24) is 19.7 Å². The minimum Gasteiger partial charge on any atom is -0.453 e. The first kappa shape index (κ1) is 33.6. The third-order valence-electron chi connectivity index (χ3n) is 7.38. The van der Waals surface area contributed by atoms with E-state index in [1.165, 1.54) is 60.9 Å². The predicted molar refractivity (Wildman–Crippen MR) is 175 cm³/mol. The van der Waals surface area contributed by atoms with Gasteiger partial charge < -0.3 is 25.4 Å². The molecule has 0 unspecified atom stereocenters. The zero-order chi connectivity index (χ0) is 34.4. The van der Waals surface area contributed by atoms with Crippen LogP contribution in [-0.4, -0.2) is 50.4 Å². The van der Waals surface area contributed by atoms with Gasteiger partial charge >= 0.3 is 6.09 Å². The van der Waals surface area contributed by atoms with Gasteiger partial charge in [0.05, 0.1) is 5.69 Å². The van der Waals surface area contributed by atoms with Crippen LogP contribution in [0.2, 0.25) is 0 Å². The SMILES string of the molecule is CC(C)(C)OC(=O)N1CCC(CC#Cc2c(Oc3ccc(NC(=O)c4ccnn(-c5ccc(F)cc5)c4=O)cc3F)ccnc2N)CC1. The molecule has 0 radical (unpaired) electrons. The van der Waals surface area contributed by atoms with Crippen LogP contribution in [0.4, 0.5) is 25.1 Å². The Morgan fingerprint density at radius 3 is 2.44 bits per heavy atom. The van der Waals surface area contributed by atoms with Gasteiger partial charge in [0.25, 0.3) is 11.5 Å². The summed E-state index contributed by atoms with van der Waals surface area (Å²) in [4.78, 5) is 44.0. The average molecular weight is 657 g/mol. The summed E-state index contributed by atoms with van der Waals surface area (Å²) in [5, 5.41) is 6.45. The molecule has 2 aromatic carbocycles. The van der Waals surface area contributed by atoms with Crippen molar-refractivity contribution in [1.29, 1.82) is 0 Å². The van der Waals surface area contributed by atoms with Gasteiger partial charge in [-0.15, -0.1) is 0 Å². The number of halogens is 2. The molecule has 11 nitrogen and oxygen atoms in total. The second kappa shape index (κ2) is 14.3. The van der Waals surface area contributed by atoms with Crippen LogP contribution in [0.15, 0.2) is 71.8 Å². The molecule has 3 heterocycles. The maximum Gasteiger partial charge on any atom is 0.410 e. The number of carbonyl (C=O) groups excluding carboxylic acids is 2. The second-order valence-corrected chi connectivity index (χ2v) is 12.1. The number of amides is 2. The van der Waals surface area contributed by atoms with E-state index in [-0.39, 0.29) is 46.3 Å². The summed E-state index contributed by atoms with van der Waals surface area (Å²) in [6.07, 6.45) is 4.47. The monoisotopic (exact) mass is 656 g/mol. The number of nitrogens with two attached hydrogens (primary N) is 1. The number of aromatic nitrogens is 3. The number of hydrogen-bond acceptors (Lipinski definition) is 8. The van der Waals surface area contributed by atoms with E-state index in [2.05, 4.69) is 27.2 Å². The summed E-state index contributed by atoms with van der Waals surface area (Å²) < 4.78 is 40.7. The topological polar surface area (TPSA) is 142 Å². The number of ether oxygens (including phenoxy) is 2. The highest BCUT2D eigenvalue weighted by atomic mass is 19.1. The van der Waals surface area contributed by atoms with E-state index in [0.717, 1.165) is 23.6 Å². The summed E-state index contributed by atoms with van der Waals surface area (Å²) >= 11 is 0. The van der Waals surface area contributed by atoms with E-state index < -0.39 is 28.7 Å². The van der Waals surface area contributed by atoms with Crippen molar-refractivity contribution in [3.8, 4) is 29.0 Å². The predicted octanol–water partition coefficient (Wildman–Crippen LogP) is 5.92. The zero-order valence-electron chi connectivity index (χ0n) is 26.6. The molecule has 48 heavy (non-hydrogen) atoms. The van der Waals surface area contributed by atoms with E-state index in [0.29, 0.717) is 25.1 Å². The summed E-state index contributed by atoms with van der Waals surface area (Å²) in [6, 6.07) is 11.6. The van der Waals surface area contributed by atoms with Gasteiger partial charge in [0.15, 0.2) is 11.6 Å². The largest absolute Gasteiger partial charge is 0.453 e. The van der Waals surface area contributed by atoms with Crippen LogP contribution in [0.3, 0.4) is 0 Å². The smallest absolute Gasteiger partial charge is 0.410 e. The van der Waals surface area contributed by atoms with Crippen LogP contribution in [0.1, 0.15) is 56.0 Å². The van der Waals surface area contributed by atoms with E-state index in [1.807, 2.05) is 20.8 Å². The molecule has 0 bridgehead atoms. The summed E-state index contributed by atoms with van der Waals surface area (Å²) in [6.45, 7) is 6.67. The third-order valence-corrected chi connectivity index (χ3v) is 7.38. The maximum absolute atomic E-state index is 15.2. The van der Waals surface area contributed by atoms with Crippen LogP contribution >= 0.6 is 0 Å². The van der Waals surface area contributed by atoms with Gasteiger partial charge in [-0.2, -0.15) is 9.78 Å². The Bertz CT molecular complexity index is 1940. The van der Waals surface area contributed by atoms with E-state index in [9.17, 15) is 18.8 Å². The highest BCUT2D eigenvalue weighted by Gasteiger charge is 2.26. The number of nitrogens with zero attached hydrogens (tertiary/aromatic N) is 4. The van der Waals surface area contributed by atoms with Gasteiger partial charge in [-0.3, -0.25) is 9.59 Å². The lowest BCUT2D eigenvalue weighted by molar-refractivity contribution is 0.0185. The Morgan fingerprint density at radius 1 is 1.02 bits per heavy atom. The van der Waals surface area contributed by atoms with Crippen molar-refractivity contribution in [2.75, 3.05) is 24.1 Å². The minimum atomic E-state index is -0.794. The molecule has 0 saturated carbocycles. The molecule has 1 aliphatic rings. The van der Waals surface area contributed by atoms with Crippen LogP contribution < -0.4 is 21.3 Å². The number of nitrogens with one attached hydrogen (secondary N) is 1. The second-order valence-electron chi connectivity index (χ2n) is 12.1. The molecule has 1 fully saturated rings. The lowest BCUT2D eigenvalue weighted by Gasteiger charge is -2.32. The third kappa shape index (κ3) is 8.33. The van der Waals surface area contributed by atoms with Crippen molar-refractivity contribution in [2.24, 2.45) is 5.92 Å². The van der Waals surface area contributed by atoms with Crippen molar-refractivity contribution in [3.05, 3.63) is 100 Å². The Kier molecular flexibility index (Phi) is 10.0. The molecule has 1 aliphatic heterocycles. The van der Waals surface area contributed by atoms with E-state index in [1.54, 1.807) is 4.90 Å². The van der Waals surface area contributed by atoms with Crippen LogP contribution in [0.25, 0.3) is 5.69 Å². The first-order valence-electron chi connectivity index (χ1n) is 15.2. The quantitative estimate of drug-likeness (QED) is 0.244. The van der Waals surface area contributed by atoms with Crippen LogP contribution in [0, 0.1) is 29.4 Å². The Morgan fingerprint density at radius 2 is 1.75 bits per heavy atom.